The molecule has 1 aromatic carbocycles. The summed E-state index contributed by atoms with van der Waals surface area (Å²) in [4.78, 5) is 0. The second-order valence-corrected chi connectivity index (χ2v) is 5.76. The highest BCUT2D eigenvalue weighted by atomic mass is 15.1. The molecule has 2 unspecified atom stereocenters. The molecule has 19 heavy (non-hydrogen) atoms. The van der Waals surface area contributed by atoms with Crippen molar-refractivity contribution in [1.29, 1.82) is 0 Å². The molecule has 0 amide bonds. The van der Waals surface area contributed by atoms with Crippen molar-refractivity contribution in [3.05, 3.63) is 18.3 Å². The monoisotopic (exact) mass is 258 g/mol. The molecule has 0 saturated heterocycles. The lowest BCUT2D eigenvalue weighted by atomic mass is 9.96. The minimum Gasteiger partial charge on any atom is -0.397 e. The van der Waals surface area contributed by atoms with Gasteiger partial charge in [-0.25, -0.2) is 0 Å². The van der Waals surface area contributed by atoms with E-state index in [4.69, 9.17) is 5.73 Å². The van der Waals surface area contributed by atoms with E-state index in [-0.39, 0.29) is 0 Å². The number of aromatic amines is 1. The number of benzene rings is 1. The van der Waals surface area contributed by atoms with E-state index in [0.29, 0.717) is 12.0 Å². The third kappa shape index (κ3) is 2.53. The number of nitrogens with one attached hydrogen (secondary N) is 2. The Morgan fingerprint density at radius 2 is 2.11 bits per heavy atom. The van der Waals surface area contributed by atoms with Crippen LogP contribution in [0.15, 0.2) is 18.3 Å². The Hall–Kier alpha value is -1.71. The van der Waals surface area contributed by atoms with Crippen molar-refractivity contribution in [3.63, 3.8) is 0 Å². The quantitative estimate of drug-likeness (QED) is 0.570. The van der Waals surface area contributed by atoms with Crippen molar-refractivity contribution in [2.45, 2.75) is 45.1 Å². The molecule has 0 aliphatic heterocycles. The van der Waals surface area contributed by atoms with Crippen LogP contribution in [0.4, 0.5) is 11.4 Å². The van der Waals surface area contributed by atoms with Crippen molar-refractivity contribution in [2.24, 2.45) is 5.92 Å². The fourth-order valence-corrected chi connectivity index (χ4v) is 3.04. The average Bonchev–Trinajstić information content (AvgIpc) is 2.74. The van der Waals surface area contributed by atoms with Crippen molar-refractivity contribution in [1.82, 2.24) is 10.2 Å². The van der Waals surface area contributed by atoms with Gasteiger partial charge in [0.1, 0.15) is 0 Å². The van der Waals surface area contributed by atoms with Crippen LogP contribution in [-0.4, -0.2) is 16.2 Å². The van der Waals surface area contributed by atoms with E-state index in [0.717, 1.165) is 22.3 Å². The molecule has 1 aromatic heterocycles. The molecular weight excluding hydrogens is 236 g/mol. The van der Waals surface area contributed by atoms with Gasteiger partial charge in [0.05, 0.1) is 23.1 Å². The number of nitrogens with zero attached hydrogens (tertiary/aromatic N) is 1. The number of rotatable bonds is 2. The SMILES string of the molecule is CC1CCCCCC1Nc1cc2[nH]ncc2cc1N. The predicted molar refractivity (Wildman–Crippen MR) is 80.2 cm³/mol. The van der Waals surface area contributed by atoms with Crippen LogP contribution in [0.25, 0.3) is 10.9 Å². The molecule has 0 radical (unpaired) electrons. The highest BCUT2D eigenvalue weighted by Gasteiger charge is 2.20. The molecule has 4 heteroatoms. The topological polar surface area (TPSA) is 66.7 Å². The van der Waals surface area contributed by atoms with Gasteiger partial charge in [0.2, 0.25) is 0 Å². The van der Waals surface area contributed by atoms with Crippen LogP contribution in [0, 0.1) is 5.92 Å². The fourth-order valence-electron chi connectivity index (χ4n) is 3.04. The van der Waals surface area contributed by atoms with Gasteiger partial charge in [-0.1, -0.05) is 26.2 Å². The number of hydrogen-bond acceptors (Lipinski definition) is 3. The van der Waals surface area contributed by atoms with Crippen molar-refractivity contribution >= 4 is 22.3 Å². The first-order chi connectivity index (χ1) is 9.24. The highest BCUT2D eigenvalue weighted by molar-refractivity contribution is 5.88. The molecule has 4 nitrogen and oxygen atoms in total. The number of aromatic nitrogens is 2. The van der Waals surface area contributed by atoms with Gasteiger partial charge >= 0.3 is 0 Å². The molecule has 1 aliphatic rings. The Morgan fingerprint density at radius 1 is 1.26 bits per heavy atom. The maximum atomic E-state index is 6.14. The summed E-state index contributed by atoms with van der Waals surface area (Å²) in [6.07, 6.45) is 8.38. The summed E-state index contributed by atoms with van der Waals surface area (Å²) in [6.45, 7) is 2.34. The second-order valence-electron chi connectivity index (χ2n) is 5.76. The number of hydrogen-bond donors (Lipinski definition) is 3. The number of nitrogen functional groups attached to an aromatic ring is 1. The fraction of sp³-hybridized carbons (Fsp3) is 0.533. The maximum absolute atomic E-state index is 6.14. The molecular formula is C15H22N4. The normalized spacial score (nSPS) is 24.3. The third-order valence-corrected chi connectivity index (χ3v) is 4.31. The number of H-pyrrole nitrogens is 1. The van der Waals surface area contributed by atoms with E-state index in [1.165, 1.54) is 32.1 Å². The van der Waals surface area contributed by atoms with Crippen LogP contribution in [0.2, 0.25) is 0 Å². The molecule has 1 aliphatic carbocycles. The van der Waals surface area contributed by atoms with E-state index in [9.17, 15) is 0 Å². The van der Waals surface area contributed by atoms with Crippen LogP contribution in [0.1, 0.15) is 39.0 Å². The van der Waals surface area contributed by atoms with Gasteiger partial charge in [-0.05, 0) is 30.9 Å². The minimum atomic E-state index is 0.533. The van der Waals surface area contributed by atoms with Gasteiger partial charge < -0.3 is 11.1 Å². The Kier molecular flexibility index (Phi) is 3.32. The Balaban J connectivity index is 1.84. The molecule has 3 rings (SSSR count). The number of anilines is 2. The van der Waals surface area contributed by atoms with Crippen LogP contribution < -0.4 is 11.1 Å². The molecule has 0 bridgehead atoms. The zero-order valence-corrected chi connectivity index (χ0v) is 11.4. The molecule has 2 atom stereocenters. The molecule has 1 fully saturated rings. The van der Waals surface area contributed by atoms with Crippen molar-refractivity contribution in [2.75, 3.05) is 11.1 Å². The lowest BCUT2D eigenvalue weighted by Crippen LogP contribution is -2.26. The van der Waals surface area contributed by atoms with Gasteiger partial charge in [-0.15, -0.1) is 0 Å². The van der Waals surface area contributed by atoms with Gasteiger partial charge in [0.25, 0.3) is 0 Å². The van der Waals surface area contributed by atoms with Crippen LogP contribution >= 0.6 is 0 Å². The first-order valence-electron chi connectivity index (χ1n) is 7.23. The van der Waals surface area contributed by atoms with E-state index in [1.54, 1.807) is 0 Å². The lowest BCUT2D eigenvalue weighted by molar-refractivity contribution is 0.457. The van der Waals surface area contributed by atoms with Crippen molar-refractivity contribution < 1.29 is 0 Å². The van der Waals surface area contributed by atoms with Crippen LogP contribution in [0.5, 0.6) is 0 Å². The summed E-state index contributed by atoms with van der Waals surface area (Å²) in [6, 6.07) is 4.60. The summed E-state index contributed by atoms with van der Waals surface area (Å²) in [5.74, 6) is 0.708. The van der Waals surface area contributed by atoms with E-state index in [1.807, 2.05) is 12.3 Å². The molecule has 2 aromatic rings. The molecule has 0 spiro atoms. The van der Waals surface area contributed by atoms with E-state index in [2.05, 4.69) is 28.5 Å². The number of nitrogens with two attached hydrogens (primary N) is 1. The summed E-state index contributed by atoms with van der Waals surface area (Å²) >= 11 is 0. The van der Waals surface area contributed by atoms with Crippen LogP contribution in [-0.2, 0) is 0 Å². The van der Waals surface area contributed by atoms with E-state index >= 15 is 0 Å². The second kappa shape index (κ2) is 5.11. The first-order valence-corrected chi connectivity index (χ1v) is 7.23. The Bertz CT molecular complexity index is 560. The van der Waals surface area contributed by atoms with E-state index < -0.39 is 0 Å². The third-order valence-electron chi connectivity index (χ3n) is 4.31. The summed E-state index contributed by atoms with van der Waals surface area (Å²) < 4.78 is 0. The number of fused-ring (bicyclic) bond motifs is 1. The Morgan fingerprint density at radius 3 is 3.00 bits per heavy atom. The average molecular weight is 258 g/mol. The first kappa shape index (κ1) is 12.3. The molecule has 102 valence electrons. The molecule has 4 N–H and O–H groups in total. The van der Waals surface area contributed by atoms with Crippen molar-refractivity contribution in [3.8, 4) is 0 Å². The highest BCUT2D eigenvalue weighted by Crippen LogP contribution is 2.30. The van der Waals surface area contributed by atoms with Gasteiger partial charge in [0, 0.05) is 11.4 Å². The summed E-state index contributed by atoms with van der Waals surface area (Å²) in [5, 5.41) is 11.8. The zero-order chi connectivity index (χ0) is 13.2. The summed E-state index contributed by atoms with van der Waals surface area (Å²) in [5.41, 5.74) is 9.03. The van der Waals surface area contributed by atoms with Gasteiger partial charge in [-0.3, -0.25) is 5.10 Å². The standard InChI is InChI=1S/C15H22N4/c1-10-5-3-2-4-6-13(10)18-15-8-14-11(7-12(15)16)9-17-19-14/h7-10,13,18H,2-6,16H2,1H3,(H,17,19). The smallest absolute Gasteiger partial charge is 0.0672 e. The predicted octanol–water partition coefficient (Wildman–Crippen LogP) is 3.53. The minimum absolute atomic E-state index is 0.533. The largest absolute Gasteiger partial charge is 0.397 e. The maximum Gasteiger partial charge on any atom is 0.0672 e. The van der Waals surface area contributed by atoms with Crippen LogP contribution in [0.3, 0.4) is 0 Å². The summed E-state index contributed by atoms with van der Waals surface area (Å²) in [7, 11) is 0. The lowest BCUT2D eigenvalue weighted by Gasteiger charge is -2.24. The Labute approximate surface area is 113 Å². The van der Waals surface area contributed by atoms with Gasteiger partial charge in [-0.2, -0.15) is 5.10 Å². The zero-order valence-electron chi connectivity index (χ0n) is 11.4. The molecule has 1 saturated carbocycles. The molecule has 1 heterocycles. The van der Waals surface area contributed by atoms with Gasteiger partial charge in [0.15, 0.2) is 0 Å².